The molecule has 0 aliphatic carbocycles. The third-order valence-electron chi connectivity index (χ3n) is 5.89. The van der Waals surface area contributed by atoms with E-state index < -0.39 is 0 Å². The molecule has 10 heteroatoms. The second-order valence-electron chi connectivity index (χ2n) is 8.50. The Morgan fingerprint density at radius 3 is 2.25 bits per heavy atom. The van der Waals surface area contributed by atoms with Gasteiger partial charge in [-0.15, -0.1) is 0 Å². The fourth-order valence-corrected chi connectivity index (χ4v) is 4.00. The topological polar surface area (TPSA) is 113 Å². The van der Waals surface area contributed by atoms with Gasteiger partial charge in [0.25, 0.3) is 0 Å². The molecule has 0 radical (unpaired) electrons. The SMILES string of the molecule is COc1cc(Nc2ncnc(-c3cccnc3Nc3cccc(OCc4ccccc4)c3)n2)cc(OC)c1OC. The maximum absolute atomic E-state index is 5.98. The van der Waals surface area contributed by atoms with Crippen molar-refractivity contribution < 1.29 is 18.9 Å². The lowest BCUT2D eigenvalue weighted by atomic mass is 10.2. The Kier molecular flexibility index (Phi) is 8.16. The van der Waals surface area contributed by atoms with Crippen molar-refractivity contribution in [3.05, 3.63) is 97.0 Å². The standard InChI is InChI=1S/C30H28N6O4/c1-37-25-16-22(17-26(38-2)27(25)39-3)35-30-33-19-32-29(36-30)24-13-8-14-31-28(24)34-21-11-7-12-23(15-21)40-18-20-9-5-4-6-10-20/h4-17,19H,18H2,1-3H3,(H,31,34)(H,32,33,35,36). The molecule has 2 N–H and O–H groups in total. The van der Waals surface area contributed by atoms with Crippen molar-refractivity contribution in [1.29, 1.82) is 0 Å². The van der Waals surface area contributed by atoms with E-state index in [-0.39, 0.29) is 0 Å². The number of pyridine rings is 1. The van der Waals surface area contributed by atoms with Crippen molar-refractivity contribution in [2.45, 2.75) is 6.61 Å². The van der Waals surface area contributed by atoms with E-state index in [9.17, 15) is 0 Å². The van der Waals surface area contributed by atoms with Gasteiger partial charge in [-0.1, -0.05) is 36.4 Å². The number of hydrogen-bond donors (Lipinski definition) is 2. The summed E-state index contributed by atoms with van der Waals surface area (Å²) in [6, 6.07) is 25.0. The molecule has 0 spiro atoms. The molecule has 5 rings (SSSR count). The predicted molar refractivity (Wildman–Crippen MR) is 153 cm³/mol. The Labute approximate surface area is 232 Å². The van der Waals surface area contributed by atoms with Crippen LogP contribution in [-0.4, -0.2) is 41.3 Å². The number of benzene rings is 3. The van der Waals surface area contributed by atoms with Gasteiger partial charge in [0.05, 0.1) is 26.9 Å². The van der Waals surface area contributed by atoms with Crippen LogP contribution in [0.15, 0.2) is 91.4 Å². The van der Waals surface area contributed by atoms with E-state index in [2.05, 4.69) is 30.6 Å². The molecule has 0 unspecified atom stereocenters. The first kappa shape index (κ1) is 26.2. The van der Waals surface area contributed by atoms with Gasteiger partial charge in [0.1, 0.15) is 24.5 Å². The summed E-state index contributed by atoms with van der Waals surface area (Å²) in [5, 5.41) is 6.55. The first-order valence-corrected chi connectivity index (χ1v) is 12.4. The Morgan fingerprint density at radius 1 is 0.700 bits per heavy atom. The van der Waals surface area contributed by atoms with Gasteiger partial charge in [-0.25, -0.2) is 15.0 Å². The third-order valence-corrected chi connectivity index (χ3v) is 5.89. The number of anilines is 4. The van der Waals surface area contributed by atoms with Crippen LogP contribution in [0.25, 0.3) is 11.4 Å². The van der Waals surface area contributed by atoms with Gasteiger partial charge in [0, 0.05) is 35.8 Å². The minimum absolute atomic E-state index is 0.338. The zero-order valence-electron chi connectivity index (χ0n) is 22.3. The van der Waals surface area contributed by atoms with Crippen molar-refractivity contribution in [3.63, 3.8) is 0 Å². The lowest BCUT2D eigenvalue weighted by Crippen LogP contribution is -2.03. The molecule has 10 nitrogen and oxygen atoms in total. The molecule has 5 aromatic rings. The van der Waals surface area contributed by atoms with Crippen LogP contribution in [0.1, 0.15) is 5.56 Å². The molecule has 0 atom stereocenters. The summed E-state index contributed by atoms with van der Waals surface area (Å²) in [6.07, 6.45) is 3.15. The minimum atomic E-state index is 0.338. The van der Waals surface area contributed by atoms with Gasteiger partial charge in [-0.2, -0.15) is 4.98 Å². The third kappa shape index (κ3) is 6.18. The second kappa shape index (κ2) is 12.4. The van der Waals surface area contributed by atoms with Crippen molar-refractivity contribution >= 4 is 23.1 Å². The van der Waals surface area contributed by atoms with E-state index in [1.807, 2.05) is 66.7 Å². The summed E-state index contributed by atoms with van der Waals surface area (Å²) in [7, 11) is 4.67. The van der Waals surface area contributed by atoms with Crippen LogP contribution in [0.5, 0.6) is 23.0 Å². The molecule has 0 saturated heterocycles. The van der Waals surface area contributed by atoms with Crippen LogP contribution in [0.4, 0.5) is 23.1 Å². The Balaban J connectivity index is 1.36. The zero-order valence-corrected chi connectivity index (χ0v) is 22.3. The van der Waals surface area contributed by atoms with Crippen molar-refractivity contribution in [2.75, 3.05) is 32.0 Å². The monoisotopic (exact) mass is 536 g/mol. The molecular weight excluding hydrogens is 508 g/mol. The van der Waals surface area contributed by atoms with Crippen LogP contribution in [0.2, 0.25) is 0 Å². The van der Waals surface area contributed by atoms with Crippen molar-refractivity contribution in [3.8, 4) is 34.4 Å². The summed E-state index contributed by atoms with van der Waals surface area (Å²) in [6.45, 7) is 0.478. The quantitative estimate of drug-likeness (QED) is 0.208. The molecule has 0 bridgehead atoms. The smallest absolute Gasteiger partial charge is 0.230 e. The predicted octanol–water partition coefficient (Wildman–Crippen LogP) is 6.03. The summed E-state index contributed by atoms with van der Waals surface area (Å²) < 4.78 is 22.3. The minimum Gasteiger partial charge on any atom is -0.493 e. The van der Waals surface area contributed by atoms with E-state index in [1.165, 1.54) is 6.33 Å². The first-order chi connectivity index (χ1) is 19.7. The highest BCUT2D eigenvalue weighted by molar-refractivity contribution is 5.75. The Bertz CT molecular complexity index is 1560. The molecular formula is C30H28N6O4. The van der Waals surface area contributed by atoms with Gasteiger partial charge < -0.3 is 29.6 Å². The van der Waals surface area contributed by atoms with Crippen molar-refractivity contribution in [1.82, 2.24) is 19.9 Å². The number of ether oxygens (including phenoxy) is 4. The van der Waals surface area contributed by atoms with E-state index >= 15 is 0 Å². The molecule has 202 valence electrons. The van der Waals surface area contributed by atoms with Crippen LogP contribution in [-0.2, 0) is 6.61 Å². The van der Waals surface area contributed by atoms with E-state index in [0.717, 1.165) is 17.0 Å². The van der Waals surface area contributed by atoms with Gasteiger partial charge in [0.2, 0.25) is 11.7 Å². The van der Waals surface area contributed by atoms with Gasteiger partial charge >= 0.3 is 0 Å². The second-order valence-corrected chi connectivity index (χ2v) is 8.50. The molecule has 2 heterocycles. The van der Waals surface area contributed by atoms with Crippen LogP contribution >= 0.6 is 0 Å². The highest BCUT2D eigenvalue weighted by atomic mass is 16.5. The molecule has 0 saturated carbocycles. The van der Waals surface area contributed by atoms with E-state index in [0.29, 0.717) is 52.7 Å². The highest BCUT2D eigenvalue weighted by Crippen LogP contribution is 2.40. The summed E-state index contributed by atoms with van der Waals surface area (Å²) in [4.78, 5) is 17.8. The Morgan fingerprint density at radius 2 is 1.50 bits per heavy atom. The molecule has 0 aliphatic heterocycles. The molecule has 40 heavy (non-hydrogen) atoms. The summed E-state index contributed by atoms with van der Waals surface area (Å²) in [5.41, 5.74) is 3.27. The number of hydrogen-bond acceptors (Lipinski definition) is 10. The summed E-state index contributed by atoms with van der Waals surface area (Å²) in [5.74, 6) is 3.62. The maximum atomic E-state index is 5.98. The molecule has 0 aliphatic rings. The van der Waals surface area contributed by atoms with Gasteiger partial charge in [-0.05, 0) is 29.8 Å². The van der Waals surface area contributed by atoms with Crippen LogP contribution in [0.3, 0.4) is 0 Å². The molecule has 0 fully saturated rings. The fraction of sp³-hybridized carbons (Fsp3) is 0.133. The van der Waals surface area contributed by atoms with Crippen LogP contribution < -0.4 is 29.6 Å². The maximum Gasteiger partial charge on any atom is 0.230 e. The average molecular weight is 537 g/mol. The highest BCUT2D eigenvalue weighted by Gasteiger charge is 2.15. The van der Waals surface area contributed by atoms with E-state index in [4.69, 9.17) is 18.9 Å². The fourth-order valence-electron chi connectivity index (χ4n) is 4.00. The van der Waals surface area contributed by atoms with Crippen molar-refractivity contribution in [2.24, 2.45) is 0 Å². The lowest BCUT2D eigenvalue weighted by molar-refractivity contribution is 0.306. The van der Waals surface area contributed by atoms with Crippen LogP contribution in [0, 0.1) is 0 Å². The normalized spacial score (nSPS) is 10.5. The van der Waals surface area contributed by atoms with Gasteiger partial charge in [-0.3, -0.25) is 0 Å². The number of nitrogens with one attached hydrogen (secondary N) is 2. The van der Waals surface area contributed by atoms with E-state index in [1.54, 1.807) is 39.7 Å². The van der Waals surface area contributed by atoms with Gasteiger partial charge in [0.15, 0.2) is 17.3 Å². The number of rotatable bonds is 11. The molecule has 2 aromatic heterocycles. The molecule has 0 amide bonds. The Hall–Kier alpha value is -5.38. The number of nitrogens with zero attached hydrogens (tertiary/aromatic N) is 4. The number of aromatic nitrogens is 4. The zero-order chi connectivity index (χ0) is 27.7. The first-order valence-electron chi connectivity index (χ1n) is 12.4. The molecule has 3 aromatic carbocycles. The average Bonchev–Trinajstić information content (AvgIpc) is 3.00. The number of methoxy groups -OCH3 is 3. The largest absolute Gasteiger partial charge is 0.493 e. The summed E-state index contributed by atoms with van der Waals surface area (Å²) >= 11 is 0. The lowest BCUT2D eigenvalue weighted by Gasteiger charge is -2.15.